The second-order valence-electron chi connectivity index (χ2n) is 5.61. The molecule has 2 heterocycles. The van der Waals surface area contributed by atoms with E-state index in [1.807, 2.05) is 49.6 Å². The number of urea groups is 1. The summed E-state index contributed by atoms with van der Waals surface area (Å²) in [7, 11) is 0. The molecule has 7 nitrogen and oxygen atoms in total. The van der Waals surface area contributed by atoms with Gasteiger partial charge in [0.15, 0.2) is 11.5 Å². The van der Waals surface area contributed by atoms with Crippen LogP contribution in [0.5, 0.6) is 0 Å². The minimum Gasteiger partial charge on any atom is -0.394 e. The summed E-state index contributed by atoms with van der Waals surface area (Å²) in [5, 5.41) is 23.2. The number of aromatic nitrogens is 3. The third kappa shape index (κ3) is 3.54. The third-order valence-corrected chi connectivity index (χ3v) is 3.62. The van der Waals surface area contributed by atoms with E-state index in [0.29, 0.717) is 12.2 Å². The van der Waals surface area contributed by atoms with E-state index in [9.17, 15) is 9.90 Å². The van der Waals surface area contributed by atoms with E-state index < -0.39 is 0 Å². The van der Waals surface area contributed by atoms with Gasteiger partial charge in [-0.2, -0.15) is 0 Å². The zero-order chi connectivity index (χ0) is 16.1. The monoisotopic (exact) mass is 305 g/mol. The molecule has 0 bridgehead atoms. The Bertz CT molecular complexity index is 621. The molecule has 0 spiro atoms. The van der Waals surface area contributed by atoms with Gasteiger partial charge in [0.05, 0.1) is 18.7 Å². The quantitative estimate of drug-likeness (QED) is 0.754. The SMILES string of the molecule is CCC(CO)NC(=O)NC(c1nnc2ccccn12)C(C)C. The van der Waals surface area contributed by atoms with Gasteiger partial charge in [0, 0.05) is 6.20 Å². The number of nitrogens with zero attached hydrogens (tertiary/aromatic N) is 3. The number of rotatable bonds is 6. The normalized spacial score (nSPS) is 14.0. The minimum absolute atomic E-state index is 0.0792. The number of pyridine rings is 1. The van der Waals surface area contributed by atoms with Crippen LogP contribution in [0.1, 0.15) is 39.1 Å². The number of carbonyl (C=O) groups is 1. The Morgan fingerprint density at radius 1 is 1.32 bits per heavy atom. The van der Waals surface area contributed by atoms with Gasteiger partial charge in [0.1, 0.15) is 0 Å². The molecule has 2 unspecified atom stereocenters. The molecule has 0 aliphatic carbocycles. The summed E-state index contributed by atoms with van der Waals surface area (Å²) in [6.07, 6.45) is 2.55. The molecule has 2 rings (SSSR count). The number of aliphatic hydroxyl groups excluding tert-OH is 1. The molecule has 7 heteroatoms. The maximum atomic E-state index is 12.1. The van der Waals surface area contributed by atoms with Crippen LogP contribution in [-0.2, 0) is 0 Å². The highest BCUT2D eigenvalue weighted by Gasteiger charge is 2.24. The molecule has 3 N–H and O–H groups in total. The van der Waals surface area contributed by atoms with Crippen LogP contribution in [0.15, 0.2) is 24.4 Å². The third-order valence-electron chi connectivity index (χ3n) is 3.62. The summed E-state index contributed by atoms with van der Waals surface area (Å²) in [6.45, 7) is 5.86. The van der Waals surface area contributed by atoms with Crippen molar-refractivity contribution >= 4 is 11.7 Å². The van der Waals surface area contributed by atoms with Crippen molar-refractivity contribution in [3.8, 4) is 0 Å². The predicted octanol–water partition coefficient (Wildman–Crippen LogP) is 1.50. The molecule has 2 amide bonds. The van der Waals surface area contributed by atoms with Gasteiger partial charge in [-0.15, -0.1) is 10.2 Å². The maximum Gasteiger partial charge on any atom is 0.315 e. The first-order chi connectivity index (χ1) is 10.6. The highest BCUT2D eigenvalue weighted by atomic mass is 16.3. The fraction of sp³-hybridized carbons (Fsp3) is 0.533. The summed E-state index contributed by atoms with van der Waals surface area (Å²) in [4.78, 5) is 12.1. The lowest BCUT2D eigenvalue weighted by Crippen LogP contribution is -2.46. The van der Waals surface area contributed by atoms with Crippen LogP contribution in [0.4, 0.5) is 4.79 Å². The Kier molecular flexibility index (Phi) is 5.32. The van der Waals surface area contributed by atoms with E-state index in [1.54, 1.807) is 0 Å². The molecule has 0 radical (unpaired) electrons. The first-order valence-electron chi connectivity index (χ1n) is 7.54. The summed E-state index contributed by atoms with van der Waals surface area (Å²) in [6, 6.07) is 4.83. The molecule has 0 aliphatic heterocycles. The van der Waals surface area contributed by atoms with Crippen molar-refractivity contribution in [2.75, 3.05) is 6.61 Å². The zero-order valence-electron chi connectivity index (χ0n) is 13.2. The molecule has 2 atom stereocenters. The van der Waals surface area contributed by atoms with Crippen molar-refractivity contribution in [3.63, 3.8) is 0 Å². The lowest BCUT2D eigenvalue weighted by atomic mass is 10.0. The second kappa shape index (κ2) is 7.22. The van der Waals surface area contributed by atoms with E-state index in [0.717, 1.165) is 5.65 Å². The van der Waals surface area contributed by atoms with Gasteiger partial charge in [0.25, 0.3) is 0 Å². The Hall–Kier alpha value is -2.15. The molecule has 2 aromatic heterocycles. The van der Waals surface area contributed by atoms with Gasteiger partial charge in [-0.25, -0.2) is 4.79 Å². The lowest BCUT2D eigenvalue weighted by molar-refractivity contribution is 0.208. The Labute approximate surface area is 129 Å². The number of fused-ring (bicyclic) bond motifs is 1. The van der Waals surface area contributed by atoms with Crippen LogP contribution >= 0.6 is 0 Å². The number of amides is 2. The molecule has 2 aromatic rings. The van der Waals surface area contributed by atoms with E-state index in [4.69, 9.17) is 0 Å². The van der Waals surface area contributed by atoms with E-state index in [2.05, 4.69) is 20.8 Å². The van der Waals surface area contributed by atoms with E-state index in [1.165, 1.54) is 0 Å². The standard InChI is InChI=1S/C15H23N5O2/c1-4-11(9-21)16-15(22)17-13(10(2)3)14-19-18-12-7-5-6-8-20(12)14/h5-8,10-11,13,21H,4,9H2,1-3H3,(H2,16,17,22). The van der Waals surface area contributed by atoms with Crippen LogP contribution in [0.25, 0.3) is 5.65 Å². The molecule has 0 aromatic carbocycles. The van der Waals surface area contributed by atoms with E-state index >= 15 is 0 Å². The molecule has 0 fully saturated rings. The Balaban J connectivity index is 2.18. The van der Waals surface area contributed by atoms with Gasteiger partial charge >= 0.3 is 6.03 Å². The molecular weight excluding hydrogens is 282 g/mol. The summed E-state index contributed by atoms with van der Waals surface area (Å²) in [5.74, 6) is 0.838. The molecular formula is C15H23N5O2. The van der Waals surface area contributed by atoms with Crippen molar-refractivity contribution in [3.05, 3.63) is 30.2 Å². The van der Waals surface area contributed by atoms with Crippen LogP contribution < -0.4 is 10.6 Å². The topological polar surface area (TPSA) is 91.5 Å². The van der Waals surface area contributed by atoms with Crippen molar-refractivity contribution < 1.29 is 9.90 Å². The van der Waals surface area contributed by atoms with Gasteiger partial charge in [-0.05, 0) is 24.5 Å². The van der Waals surface area contributed by atoms with Gasteiger partial charge in [-0.3, -0.25) is 4.40 Å². The highest BCUT2D eigenvalue weighted by molar-refractivity contribution is 5.74. The smallest absolute Gasteiger partial charge is 0.315 e. The van der Waals surface area contributed by atoms with Gasteiger partial charge in [-0.1, -0.05) is 26.8 Å². The first-order valence-corrected chi connectivity index (χ1v) is 7.54. The predicted molar refractivity (Wildman–Crippen MR) is 83.4 cm³/mol. The summed E-state index contributed by atoms with van der Waals surface area (Å²) >= 11 is 0. The zero-order valence-corrected chi connectivity index (χ0v) is 13.2. The average molecular weight is 305 g/mol. The molecule has 0 saturated carbocycles. The number of carbonyl (C=O) groups excluding carboxylic acids is 1. The highest BCUT2D eigenvalue weighted by Crippen LogP contribution is 2.20. The Morgan fingerprint density at radius 3 is 2.73 bits per heavy atom. The summed E-state index contributed by atoms with van der Waals surface area (Å²) in [5.41, 5.74) is 0.743. The first kappa shape index (κ1) is 16.2. The van der Waals surface area contributed by atoms with Crippen molar-refractivity contribution in [2.24, 2.45) is 5.92 Å². The average Bonchev–Trinajstić information content (AvgIpc) is 2.93. The molecule has 0 saturated heterocycles. The van der Waals surface area contributed by atoms with Crippen molar-refractivity contribution in [2.45, 2.75) is 39.3 Å². The molecule has 120 valence electrons. The largest absolute Gasteiger partial charge is 0.394 e. The Morgan fingerprint density at radius 2 is 2.09 bits per heavy atom. The van der Waals surface area contributed by atoms with E-state index in [-0.39, 0.29) is 30.6 Å². The number of hydrogen-bond acceptors (Lipinski definition) is 4. The van der Waals surface area contributed by atoms with Crippen LogP contribution in [-0.4, -0.2) is 38.4 Å². The van der Waals surface area contributed by atoms with Crippen molar-refractivity contribution in [1.82, 2.24) is 25.2 Å². The maximum absolute atomic E-state index is 12.1. The van der Waals surface area contributed by atoms with Crippen LogP contribution in [0.2, 0.25) is 0 Å². The lowest BCUT2D eigenvalue weighted by Gasteiger charge is -2.23. The number of hydrogen-bond donors (Lipinski definition) is 3. The molecule has 22 heavy (non-hydrogen) atoms. The fourth-order valence-corrected chi connectivity index (χ4v) is 2.25. The number of nitrogens with one attached hydrogen (secondary N) is 2. The van der Waals surface area contributed by atoms with Crippen LogP contribution in [0, 0.1) is 5.92 Å². The minimum atomic E-state index is -0.313. The van der Waals surface area contributed by atoms with Gasteiger partial charge < -0.3 is 15.7 Å². The van der Waals surface area contributed by atoms with Crippen molar-refractivity contribution in [1.29, 1.82) is 0 Å². The molecule has 0 aliphatic rings. The fourth-order valence-electron chi connectivity index (χ4n) is 2.25. The van der Waals surface area contributed by atoms with Crippen LogP contribution in [0.3, 0.4) is 0 Å². The number of aliphatic hydroxyl groups is 1. The summed E-state index contributed by atoms with van der Waals surface area (Å²) < 4.78 is 1.87. The van der Waals surface area contributed by atoms with Gasteiger partial charge in [0.2, 0.25) is 0 Å². The second-order valence-corrected chi connectivity index (χ2v) is 5.61.